The maximum absolute atomic E-state index is 13.8. The van der Waals surface area contributed by atoms with Crippen molar-refractivity contribution in [2.45, 2.75) is 6.92 Å². The molecular formula is C16H13FO3. The van der Waals surface area contributed by atoms with E-state index in [1.165, 1.54) is 13.2 Å². The van der Waals surface area contributed by atoms with Crippen LogP contribution in [0.3, 0.4) is 0 Å². The Kier molecular flexibility index (Phi) is 3.94. The Morgan fingerprint density at radius 2 is 1.95 bits per heavy atom. The van der Waals surface area contributed by atoms with Crippen molar-refractivity contribution in [3.63, 3.8) is 0 Å². The van der Waals surface area contributed by atoms with Crippen LogP contribution in [0.1, 0.15) is 26.3 Å². The Bertz CT molecular complexity index is 677. The average Bonchev–Trinajstić information content (AvgIpc) is 2.49. The van der Waals surface area contributed by atoms with E-state index in [0.717, 1.165) is 0 Å². The third-order valence-electron chi connectivity index (χ3n) is 3.13. The molecule has 0 N–H and O–H groups in total. The van der Waals surface area contributed by atoms with Crippen LogP contribution in [0, 0.1) is 12.7 Å². The van der Waals surface area contributed by atoms with E-state index in [1.54, 1.807) is 37.3 Å². The monoisotopic (exact) mass is 272 g/mol. The number of methoxy groups -OCH3 is 1. The largest absolute Gasteiger partial charge is 0.465 e. The number of rotatable bonds is 3. The maximum Gasteiger partial charge on any atom is 0.337 e. The van der Waals surface area contributed by atoms with E-state index in [2.05, 4.69) is 4.74 Å². The third kappa shape index (κ3) is 2.59. The van der Waals surface area contributed by atoms with Gasteiger partial charge in [-0.15, -0.1) is 0 Å². The lowest BCUT2D eigenvalue weighted by Crippen LogP contribution is -2.01. The lowest BCUT2D eigenvalue weighted by atomic mass is 9.98. The number of carbonyl (C=O) groups is 2. The molecule has 0 aliphatic heterocycles. The lowest BCUT2D eigenvalue weighted by Gasteiger charge is -2.08. The molecule has 102 valence electrons. The zero-order valence-corrected chi connectivity index (χ0v) is 11.1. The molecule has 0 unspecified atom stereocenters. The molecule has 0 radical (unpaired) electrons. The Balaban J connectivity index is 2.54. The molecule has 2 rings (SSSR count). The Morgan fingerprint density at radius 3 is 2.60 bits per heavy atom. The van der Waals surface area contributed by atoms with E-state index in [4.69, 9.17) is 0 Å². The third-order valence-corrected chi connectivity index (χ3v) is 3.13. The second kappa shape index (κ2) is 5.65. The molecule has 0 atom stereocenters. The Morgan fingerprint density at radius 1 is 1.20 bits per heavy atom. The van der Waals surface area contributed by atoms with Gasteiger partial charge in [0.1, 0.15) is 12.1 Å². The molecule has 4 heteroatoms. The van der Waals surface area contributed by atoms with Gasteiger partial charge in [-0.2, -0.15) is 0 Å². The fourth-order valence-electron chi connectivity index (χ4n) is 1.93. The summed E-state index contributed by atoms with van der Waals surface area (Å²) < 4.78 is 18.4. The minimum atomic E-state index is -0.463. The van der Waals surface area contributed by atoms with Crippen LogP contribution in [0.5, 0.6) is 0 Å². The first-order chi connectivity index (χ1) is 9.56. The number of hydrogen-bond donors (Lipinski definition) is 0. The first-order valence-electron chi connectivity index (χ1n) is 6.01. The number of esters is 1. The predicted molar refractivity (Wildman–Crippen MR) is 73.3 cm³/mol. The van der Waals surface area contributed by atoms with Crippen molar-refractivity contribution in [1.82, 2.24) is 0 Å². The summed E-state index contributed by atoms with van der Waals surface area (Å²) in [5, 5.41) is 0. The van der Waals surface area contributed by atoms with Crippen LogP contribution < -0.4 is 0 Å². The summed E-state index contributed by atoms with van der Waals surface area (Å²) in [6, 6.07) is 9.58. The zero-order valence-electron chi connectivity index (χ0n) is 11.1. The first kappa shape index (κ1) is 13.9. The normalized spacial score (nSPS) is 10.2. The molecule has 2 aromatic rings. The highest BCUT2D eigenvalue weighted by Crippen LogP contribution is 2.25. The van der Waals surface area contributed by atoms with Crippen molar-refractivity contribution in [3.05, 3.63) is 58.9 Å². The smallest absolute Gasteiger partial charge is 0.337 e. The number of carbonyl (C=O) groups excluding carboxylic acids is 2. The van der Waals surface area contributed by atoms with Gasteiger partial charge >= 0.3 is 5.97 Å². The summed E-state index contributed by atoms with van der Waals surface area (Å²) in [4.78, 5) is 22.4. The van der Waals surface area contributed by atoms with Crippen molar-refractivity contribution in [3.8, 4) is 11.1 Å². The number of hydrogen-bond acceptors (Lipinski definition) is 3. The van der Waals surface area contributed by atoms with Crippen molar-refractivity contribution in [1.29, 1.82) is 0 Å². The molecule has 0 heterocycles. The number of halogens is 1. The molecule has 0 aliphatic rings. The van der Waals surface area contributed by atoms with E-state index in [1.807, 2.05) is 0 Å². The maximum atomic E-state index is 13.8. The van der Waals surface area contributed by atoms with Crippen LogP contribution in [-0.2, 0) is 4.74 Å². The summed E-state index contributed by atoms with van der Waals surface area (Å²) in [6.07, 6.45) is 0.617. The van der Waals surface area contributed by atoms with Gasteiger partial charge < -0.3 is 4.74 Å². The average molecular weight is 272 g/mol. The molecule has 0 amide bonds. The molecule has 0 bridgehead atoms. The summed E-state index contributed by atoms with van der Waals surface area (Å²) >= 11 is 0. The first-order valence-corrected chi connectivity index (χ1v) is 6.01. The fourth-order valence-corrected chi connectivity index (χ4v) is 1.93. The van der Waals surface area contributed by atoms with Crippen LogP contribution in [0.4, 0.5) is 4.39 Å². The van der Waals surface area contributed by atoms with E-state index in [-0.39, 0.29) is 0 Å². The Labute approximate surface area is 116 Å². The molecule has 2 aromatic carbocycles. The second-order valence-electron chi connectivity index (χ2n) is 4.36. The van der Waals surface area contributed by atoms with Gasteiger partial charge in [0.25, 0.3) is 0 Å². The van der Waals surface area contributed by atoms with Crippen LogP contribution >= 0.6 is 0 Å². The molecule has 0 spiro atoms. The van der Waals surface area contributed by atoms with E-state index in [9.17, 15) is 14.0 Å². The van der Waals surface area contributed by atoms with Gasteiger partial charge in [0, 0.05) is 5.56 Å². The van der Waals surface area contributed by atoms with Gasteiger partial charge in [0.2, 0.25) is 0 Å². The van der Waals surface area contributed by atoms with Gasteiger partial charge in [-0.3, -0.25) is 4.79 Å². The topological polar surface area (TPSA) is 43.4 Å². The van der Waals surface area contributed by atoms with Gasteiger partial charge in [-0.1, -0.05) is 12.1 Å². The molecular weight excluding hydrogens is 259 g/mol. The predicted octanol–water partition coefficient (Wildman–Crippen LogP) is 3.40. The molecule has 0 aromatic heterocycles. The van der Waals surface area contributed by atoms with Gasteiger partial charge in [-0.05, 0) is 47.9 Å². The number of aldehydes is 1. The van der Waals surface area contributed by atoms with Crippen molar-refractivity contribution in [2.24, 2.45) is 0 Å². The standard InChI is InChI=1S/C16H13FO3/c1-10-14(9-18)7-13(8-15(10)17)11-4-3-5-12(6-11)16(19)20-2/h3-9H,1-2H3. The zero-order chi connectivity index (χ0) is 14.7. The molecule has 0 aliphatic carbocycles. The van der Waals surface area contributed by atoms with E-state index >= 15 is 0 Å². The van der Waals surface area contributed by atoms with Gasteiger partial charge in [-0.25, -0.2) is 9.18 Å². The second-order valence-corrected chi connectivity index (χ2v) is 4.36. The molecule has 20 heavy (non-hydrogen) atoms. The molecule has 0 saturated heterocycles. The molecule has 0 fully saturated rings. The number of benzene rings is 2. The highest BCUT2D eigenvalue weighted by atomic mass is 19.1. The summed E-state index contributed by atoms with van der Waals surface area (Å²) in [5.74, 6) is -0.914. The number of ether oxygens (including phenoxy) is 1. The minimum Gasteiger partial charge on any atom is -0.465 e. The highest BCUT2D eigenvalue weighted by molar-refractivity contribution is 5.91. The van der Waals surface area contributed by atoms with Crippen LogP contribution in [0.15, 0.2) is 36.4 Å². The van der Waals surface area contributed by atoms with Crippen LogP contribution in [0.25, 0.3) is 11.1 Å². The summed E-state index contributed by atoms with van der Waals surface area (Å²) in [5.41, 5.74) is 2.17. The fraction of sp³-hybridized carbons (Fsp3) is 0.125. The Hall–Kier alpha value is -2.49. The van der Waals surface area contributed by atoms with Crippen molar-refractivity contribution >= 4 is 12.3 Å². The van der Waals surface area contributed by atoms with E-state index in [0.29, 0.717) is 34.1 Å². The lowest BCUT2D eigenvalue weighted by molar-refractivity contribution is 0.0600. The van der Waals surface area contributed by atoms with Crippen molar-refractivity contribution < 1.29 is 18.7 Å². The summed E-state index contributed by atoms with van der Waals surface area (Å²) in [7, 11) is 1.30. The van der Waals surface area contributed by atoms with E-state index < -0.39 is 11.8 Å². The van der Waals surface area contributed by atoms with Gasteiger partial charge in [0.05, 0.1) is 12.7 Å². The minimum absolute atomic E-state index is 0.295. The molecule has 3 nitrogen and oxygen atoms in total. The van der Waals surface area contributed by atoms with Crippen LogP contribution in [-0.4, -0.2) is 19.4 Å². The SMILES string of the molecule is COC(=O)c1cccc(-c2cc(F)c(C)c(C=O)c2)c1. The van der Waals surface area contributed by atoms with Crippen molar-refractivity contribution in [2.75, 3.05) is 7.11 Å². The highest BCUT2D eigenvalue weighted by Gasteiger charge is 2.10. The van der Waals surface area contributed by atoms with Crippen LogP contribution in [0.2, 0.25) is 0 Å². The quantitative estimate of drug-likeness (QED) is 0.635. The summed E-state index contributed by atoms with van der Waals surface area (Å²) in [6.45, 7) is 1.55. The molecule has 0 saturated carbocycles. The van der Waals surface area contributed by atoms with Gasteiger partial charge in [0.15, 0.2) is 0 Å².